The molecule has 1 atom stereocenters. The Kier molecular flexibility index (Phi) is 5.22. The first-order valence-electron chi connectivity index (χ1n) is 7.05. The number of rotatable bonds is 4. The number of benzene rings is 1. The van der Waals surface area contributed by atoms with E-state index in [0.717, 1.165) is 32.2 Å². The lowest BCUT2D eigenvalue weighted by Crippen LogP contribution is -2.36. The molecule has 0 amide bonds. The van der Waals surface area contributed by atoms with Crippen molar-refractivity contribution in [3.8, 4) is 5.75 Å². The highest BCUT2D eigenvalue weighted by Gasteiger charge is 2.31. The van der Waals surface area contributed by atoms with Crippen LogP contribution < -0.4 is 10.1 Å². The average molecular weight is 301 g/mol. The third-order valence-corrected chi connectivity index (χ3v) is 3.48. The fourth-order valence-electron chi connectivity index (χ4n) is 2.44. The van der Waals surface area contributed by atoms with Crippen molar-refractivity contribution in [2.75, 3.05) is 6.54 Å². The molecule has 0 radical (unpaired) electrons. The summed E-state index contributed by atoms with van der Waals surface area (Å²) in [5, 5.41) is 3.22. The monoisotopic (exact) mass is 301 g/mol. The van der Waals surface area contributed by atoms with E-state index in [2.05, 4.69) is 10.1 Å². The zero-order valence-electron chi connectivity index (χ0n) is 11.6. The minimum atomic E-state index is -4.69. The number of ether oxygens (including phenoxy) is 1. The topological polar surface area (TPSA) is 38.3 Å². The van der Waals surface area contributed by atoms with Crippen LogP contribution in [0.1, 0.15) is 31.2 Å². The van der Waals surface area contributed by atoms with Gasteiger partial charge in [-0.1, -0.05) is 25.0 Å². The molecule has 1 fully saturated rings. The molecule has 1 unspecified atom stereocenters. The maximum atomic E-state index is 12.2. The van der Waals surface area contributed by atoms with Gasteiger partial charge in [0.15, 0.2) is 5.78 Å². The molecular formula is C15H18F3NO2. The SMILES string of the molecule is O=C(Cc1ccc(OC(F)(F)F)cc1)C1CCCCCN1. The van der Waals surface area contributed by atoms with E-state index in [4.69, 9.17) is 0 Å². The highest BCUT2D eigenvalue weighted by atomic mass is 19.4. The lowest BCUT2D eigenvalue weighted by molar-refractivity contribution is -0.274. The first-order chi connectivity index (χ1) is 9.94. The second-order valence-corrected chi connectivity index (χ2v) is 5.19. The summed E-state index contributed by atoms with van der Waals surface area (Å²) >= 11 is 0. The van der Waals surface area contributed by atoms with Gasteiger partial charge in [0.05, 0.1) is 6.04 Å². The van der Waals surface area contributed by atoms with Gasteiger partial charge in [0, 0.05) is 6.42 Å². The number of halogens is 3. The molecule has 1 saturated heterocycles. The van der Waals surface area contributed by atoms with Gasteiger partial charge in [-0.2, -0.15) is 0 Å². The summed E-state index contributed by atoms with van der Waals surface area (Å²) in [5.74, 6) is -0.187. The Morgan fingerprint density at radius 3 is 2.57 bits per heavy atom. The van der Waals surface area contributed by atoms with Crippen LogP contribution in [-0.4, -0.2) is 24.7 Å². The smallest absolute Gasteiger partial charge is 0.406 e. The fourth-order valence-corrected chi connectivity index (χ4v) is 2.44. The van der Waals surface area contributed by atoms with Crippen molar-refractivity contribution in [1.82, 2.24) is 5.32 Å². The van der Waals surface area contributed by atoms with E-state index in [1.54, 1.807) is 0 Å². The normalized spacial score (nSPS) is 19.9. The number of ketones is 1. The predicted molar refractivity (Wildman–Crippen MR) is 72.1 cm³/mol. The zero-order valence-corrected chi connectivity index (χ0v) is 11.6. The third kappa shape index (κ3) is 5.38. The molecule has 0 bridgehead atoms. The van der Waals surface area contributed by atoms with Gasteiger partial charge in [0.1, 0.15) is 5.75 Å². The van der Waals surface area contributed by atoms with Crippen LogP contribution in [0.25, 0.3) is 0 Å². The van der Waals surface area contributed by atoms with Crippen LogP contribution in [0.3, 0.4) is 0 Å². The summed E-state index contributed by atoms with van der Waals surface area (Å²) in [5.41, 5.74) is 0.695. The molecule has 0 spiro atoms. The van der Waals surface area contributed by atoms with Crippen molar-refractivity contribution < 1.29 is 22.7 Å². The van der Waals surface area contributed by atoms with Gasteiger partial charge in [-0.15, -0.1) is 13.2 Å². The minimum absolute atomic E-state index is 0.0846. The summed E-state index contributed by atoms with van der Waals surface area (Å²) in [6, 6.07) is 5.32. The van der Waals surface area contributed by atoms with E-state index < -0.39 is 6.36 Å². The van der Waals surface area contributed by atoms with E-state index in [0.29, 0.717) is 5.56 Å². The standard InChI is InChI=1S/C15H18F3NO2/c16-15(17,18)21-12-7-5-11(6-8-12)10-14(20)13-4-2-1-3-9-19-13/h5-8,13,19H,1-4,9-10H2. The fraction of sp³-hybridized carbons (Fsp3) is 0.533. The molecule has 0 aromatic heterocycles. The second kappa shape index (κ2) is 6.93. The summed E-state index contributed by atoms with van der Waals surface area (Å²) in [6.07, 6.45) is -0.408. The van der Waals surface area contributed by atoms with Gasteiger partial charge in [-0.05, 0) is 37.1 Å². The van der Waals surface area contributed by atoms with E-state index in [9.17, 15) is 18.0 Å². The first-order valence-corrected chi connectivity index (χ1v) is 7.05. The van der Waals surface area contributed by atoms with Crippen molar-refractivity contribution in [2.45, 2.75) is 44.5 Å². The van der Waals surface area contributed by atoms with E-state index in [1.807, 2.05) is 0 Å². The largest absolute Gasteiger partial charge is 0.573 e. The zero-order chi connectivity index (χ0) is 15.3. The van der Waals surface area contributed by atoms with Gasteiger partial charge < -0.3 is 10.1 Å². The van der Waals surface area contributed by atoms with Gasteiger partial charge in [0.25, 0.3) is 0 Å². The number of carbonyl (C=O) groups excluding carboxylic acids is 1. The molecule has 0 saturated carbocycles. The number of hydrogen-bond donors (Lipinski definition) is 1. The number of nitrogens with one attached hydrogen (secondary N) is 1. The van der Waals surface area contributed by atoms with Gasteiger partial charge >= 0.3 is 6.36 Å². The van der Waals surface area contributed by atoms with Gasteiger partial charge in [0.2, 0.25) is 0 Å². The Balaban J connectivity index is 1.91. The molecule has 116 valence electrons. The number of Topliss-reactive ketones (excluding diaryl/α,β-unsaturated/α-hetero) is 1. The lowest BCUT2D eigenvalue weighted by atomic mass is 10.0. The van der Waals surface area contributed by atoms with Crippen LogP contribution in [0.2, 0.25) is 0 Å². The van der Waals surface area contributed by atoms with Crippen molar-refractivity contribution in [3.63, 3.8) is 0 Å². The van der Waals surface area contributed by atoms with Crippen molar-refractivity contribution in [2.24, 2.45) is 0 Å². The van der Waals surface area contributed by atoms with Crippen LogP contribution in [0.5, 0.6) is 5.75 Å². The molecule has 1 N–H and O–H groups in total. The maximum Gasteiger partial charge on any atom is 0.573 e. The minimum Gasteiger partial charge on any atom is -0.406 e. The van der Waals surface area contributed by atoms with E-state index >= 15 is 0 Å². The molecular weight excluding hydrogens is 283 g/mol. The van der Waals surface area contributed by atoms with Crippen LogP contribution in [0.4, 0.5) is 13.2 Å². The van der Waals surface area contributed by atoms with E-state index in [1.165, 1.54) is 24.3 Å². The van der Waals surface area contributed by atoms with Crippen LogP contribution >= 0.6 is 0 Å². The quantitative estimate of drug-likeness (QED) is 0.928. The number of alkyl halides is 3. The molecule has 1 aliphatic rings. The Hall–Kier alpha value is -1.56. The molecule has 6 heteroatoms. The summed E-state index contributed by atoms with van der Waals surface area (Å²) in [7, 11) is 0. The molecule has 21 heavy (non-hydrogen) atoms. The van der Waals surface area contributed by atoms with Crippen molar-refractivity contribution >= 4 is 5.78 Å². The van der Waals surface area contributed by atoms with Gasteiger partial charge in [-0.25, -0.2) is 0 Å². The Bertz CT molecular complexity index is 463. The highest BCUT2D eigenvalue weighted by molar-refractivity contribution is 5.86. The molecule has 1 heterocycles. The summed E-state index contributed by atoms with van der Waals surface area (Å²) in [6.45, 7) is 0.842. The summed E-state index contributed by atoms with van der Waals surface area (Å²) < 4.78 is 39.9. The molecule has 2 rings (SSSR count). The number of carbonyl (C=O) groups is 1. The van der Waals surface area contributed by atoms with Crippen LogP contribution in [0.15, 0.2) is 24.3 Å². The highest BCUT2D eigenvalue weighted by Crippen LogP contribution is 2.23. The van der Waals surface area contributed by atoms with Gasteiger partial charge in [-0.3, -0.25) is 4.79 Å². The second-order valence-electron chi connectivity index (χ2n) is 5.19. The Morgan fingerprint density at radius 2 is 1.90 bits per heavy atom. The average Bonchev–Trinajstić information content (AvgIpc) is 2.68. The molecule has 0 aliphatic carbocycles. The molecule has 1 aliphatic heterocycles. The van der Waals surface area contributed by atoms with Crippen LogP contribution in [0, 0.1) is 0 Å². The van der Waals surface area contributed by atoms with Crippen LogP contribution in [-0.2, 0) is 11.2 Å². The first kappa shape index (κ1) is 15.8. The Morgan fingerprint density at radius 1 is 1.19 bits per heavy atom. The summed E-state index contributed by atoms with van der Waals surface area (Å²) in [4.78, 5) is 12.2. The maximum absolute atomic E-state index is 12.2. The van der Waals surface area contributed by atoms with E-state index in [-0.39, 0.29) is 24.0 Å². The lowest BCUT2D eigenvalue weighted by Gasteiger charge is -2.14. The number of hydrogen-bond acceptors (Lipinski definition) is 3. The predicted octanol–water partition coefficient (Wildman–Crippen LogP) is 3.23. The molecule has 3 nitrogen and oxygen atoms in total. The Labute approximate surface area is 121 Å². The third-order valence-electron chi connectivity index (χ3n) is 3.48. The molecule has 1 aromatic carbocycles. The molecule has 1 aromatic rings. The van der Waals surface area contributed by atoms with Crippen molar-refractivity contribution in [1.29, 1.82) is 0 Å². The van der Waals surface area contributed by atoms with Crippen molar-refractivity contribution in [3.05, 3.63) is 29.8 Å².